The number of carbonyl (C=O) groups excluding carboxylic acids is 1. The normalized spacial score (nSPS) is 11.7. The van der Waals surface area contributed by atoms with Gasteiger partial charge in [0, 0.05) is 12.1 Å². The van der Waals surface area contributed by atoms with Crippen molar-refractivity contribution in [1.29, 1.82) is 0 Å². The highest BCUT2D eigenvalue weighted by molar-refractivity contribution is 5.95. The lowest BCUT2D eigenvalue weighted by Gasteiger charge is -2.19. The molecule has 0 aliphatic heterocycles. The smallest absolute Gasteiger partial charge is 0.271 e. The number of nitrogens with one attached hydrogen (secondary N) is 1. The van der Waals surface area contributed by atoms with Crippen molar-refractivity contribution in [3.05, 3.63) is 63.2 Å². The van der Waals surface area contributed by atoms with Crippen molar-refractivity contribution in [2.75, 3.05) is 5.32 Å². The van der Waals surface area contributed by atoms with Gasteiger partial charge in [-0.05, 0) is 49.9 Å². The van der Waals surface area contributed by atoms with Crippen LogP contribution in [0.1, 0.15) is 30.0 Å². The summed E-state index contributed by atoms with van der Waals surface area (Å²) in [6.45, 7) is 7.52. The lowest BCUT2D eigenvalue weighted by Crippen LogP contribution is -2.32. The second kappa shape index (κ2) is 7.79. The topological polar surface area (TPSA) is 81.5 Å². The van der Waals surface area contributed by atoms with Crippen LogP contribution in [0.5, 0.6) is 5.75 Å². The van der Waals surface area contributed by atoms with Gasteiger partial charge in [0.2, 0.25) is 0 Å². The molecule has 0 aliphatic carbocycles. The Morgan fingerprint density at radius 2 is 1.84 bits per heavy atom. The van der Waals surface area contributed by atoms with Crippen LogP contribution in [0.15, 0.2) is 36.4 Å². The fraction of sp³-hybridized carbons (Fsp3) is 0.316. The maximum atomic E-state index is 12.6. The zero-order valence-electron chi connectivity index (χ0n) is 14.8. The number of nitro groups is 1. The van der Waals surface area contributed by atoms with Crippen LogP contribution in [0, 0.1) is 30.9 Å². The molecule has 0 radical (unpaired) electrons. The number of benzene rings is 2. The van der Waals surface area contributed by atoms with Crippen LogP contribution in [-0.4, -0.2) is 16.9 Å². The van der Waals surface area contributed by atoms with Crippen LogP contribution in [0.25, 0.3) is 0 Å². The molecule has 0 aliphatic rings. The van der Waals surface area contributed by atoms with E-state index in [1.165, 1.54) is 12.1 Å². The number of aryl methyl sites for hydroxylation is 3. The number of rotatable bonds is 6. The fourth-order valence-corrected chi connectivity index (χ4v) is 2.38. The average molecular weight is 342 g/mol. The number of ether oxygens (including phenoxy) is 1. The van der Waals surface area contributed by atoms with Crippen LogP contribution in [0.2, 0.25) is 0 Å². The fourth-order valence-electron chi connectivity index (χ4n) is 2.38. The Labute approximate surface area is 147 Å². The van der Waals surface area contributed by atoms with E-state index in [-0.39, 0.29) is 11.6 Å². The molecule has 6 nitrogen and oxygen atoms in total. The van der Waals surface area contributed by atoms with Crippen molar-refractivity contribution < 1.29 is 14.5 Å². The number of carbonyl (C=O) groups is 1. The SMILES string of the molecule is CC[C@@H](Oc1cc(C)ccc1C)C(=O)Nc1cc([N+](=O)[O-])ccc1C. The van der Waals surface area contributed by atoms with E-state index in [1.54, 1.807) is 13.0 Å². The van der Waals surface area contributed by atoms with Gasteiger partial charge in [-0.1, -0.05) is 25.1 Å². The van der Waals surface area contributed by atoms with Crippen molar-refractivity contribution in [2.24, 2.45) is 0 Å². The molecule has 0 bridgehead atoms. The van der Waals surface area contributed by atoms with Gasteiger partial charge in [-0.25, -0.2) is 0 Å². The molecule has 2 rings (SSSR count). The molecule has 2 aromatic rings. The maximum absolute atomic E-state index is 12.6. The third-order valence-electron chi connectivity index (χ3n) is 3.97. The summed E-state index contributed by atoms with van der Waals surface area (Å²) in [7, 11) is 0. The molecule has 6 heteroatoms. The number of amides is 1. The molecular formula is C19H22N2O4. The molecule has 0 aromatic heterocycles. The third kappa shape index (κ3) is 4.56. The summed E-state index contributed by atoms with van der Waals surface area (Å²) in [5.74, 6) is 0.338. The number of hydrogen-bond acceptors (Lipinski definition) is 4. The minimum absolute atomic E-state index is 0.0654. The minimum atomic E-state index is -0.681. The van der Waals surface area contributed by atoms with E-state index in [2.05, 4.69) is 5.32 Å². The van der Waals surface area contributed by atoms with Gasteiger partial charge in [0.25, 0.3) is 11.6 Å². The summed E-state index contributed by atoms with van der Waals surface area (Å²) in [6.07, 6.45) is -0.202. The monoisotopic (exact) mass is 342 g/mol. The van der Waals surface area contributed by atoms with Gasteiger partial charge in [-0.2, -0.15) is 0 Å². The Hall–Kier alpha value is -2.89. The lowest BCUT2D eigenvalue weighted by atomic mass is 10.1. The zero-order valence-corrected chi connectivity index (χ0v) is 14.8. The predicted octanol–water partition coefficient (Wildman–Crippen LogP) is 4.32. The third-order valence-corrected chi connectivity index (χ3v) is 3.97. The summed E-state index contributed by atoms with van der Waals surface area (Å²) in [5, 5.41) is 13.7. The predicted molar refractivity (Wildman–Crippen MR) is 97.1 cm³/mol. The zero-order chi connectivity index (χ0) is 18.6. The van der Waals surface area contributed by atoms with Crippen LogP contribution in [-0.2, 0) is 4.79 Å². The quantitative estimate of drug-likeness (QED) is 0.626. The highest BCUT2D eigenvalue weighted by Gasteiger charge is 2.21. The second-order valence-corrected chi connectivity index (χ2v) is 6.03. The Bertz CT molecular complexity index is 802. The molecule has 0 spiro atoms. The van der Waals surface area contributed by atoms with Gasteiger partial charge >= 0.3 is 0 Å². The molecule has 25 heavy (non-hydrogen) atoms. The summed E-state index contributed by atoms with van der Waals surface area (Å²) in [6, 6.07) is 10.2. The average Bonchev–Trinajstić information content (AvgIpc) is 2.57. The summed E-state index contributed by atoms with van der Waals surface area (Å²) in [5.41, 5.74) is 3.10. The van der Waals surface area contributed by atoms with Crippen molar-refractivity contribution in [3.63, 3.8) is 0 Å². The van der Waals surface area contributed by atoms with Gasteiger partial charge in [-0.15, -0.1) is 0 Å². The molecule has 0 heterocycles. The number of nitro benzene ring substituents is 1. The number of anilines is 1. The van der Waals surface area contributed by atoms with E-state index in [9.17, 15) is 14.9 Å². The summed E-state index contributed by atoms with van der Waals surface area (Å²) >= 11 is 0. The molecule has 1 amide bonds. The van der Waals surface area contributed by atoms with E-state index in [4.69, 9.17) is 4.74 Å². The molecule has 2 aromatic carbocycles. The van der Waals surface area contributed by atoms with Gasteiger partial charge < -0.3 is 10.1 Å². The number of hydrogen-bond donors (Lipinski definition) is 1. The molecule has 1 N–H and O–H groups in total. The van der Waals surface area contributed by atoms with Crippen LogP contribution in [0.4, 0.5) is 11.4 Å². The first-order valence-corrected chi connectivity index (χ1v) is 8.11. The van der Waals surface area contributed by atoms with E-state index in [1.807, 2.05) is 39.0 Å². The molecule has 0 unspecified atom stereocenters. The van der Waals surface area contributed by atoms with E-state index >= 15 is 0 Å². The van der Waals surface area contributed by atoms with Crippen molar-refractivity contribution >= 4 is 17.3 Å². The van der Waals surface area contributed by atoms with E-state index in [0.717, 1.165) is 16.7 Å². The second-order valence-electron chi connectivity index (χ2n) is 6.03. The van der Waals surface area contributed by atoms with Crippen LogP contribution < -0.4 is 10.1 Å². The van der Waals surface area contributed by atoms with Gasteiger partial charge in [0.05, 0.1) is 10.6 Å². The van der Waals surface area contributed by atoms with E-state index in [0.29, 0.717) is 17.9 Å². The highest BCUT2D eigenvalue weighted by atomic mass is 16.6. The number of non-ortho nitro benzene ring substituents is 1. The van der Waals surface area contributed by atoms with Gasteiger partial charge in [-0.3, -0.25) is 14.9 Å². The Balaban J connectivity index is 2.19. The minimum Gasteiger partial charge on any atom is -0.480 e. The molecule has 1 atom stereocenters. The highest BCUT2D eigenvalue weighted by Crippen LogP contribution is 2.24. The van der Waals surface area contributed by atoms with Crippen molar-refractivity contribution in [3.8, 4) is 5.75 Å². The van der Waals surface area contributed by atoms with Crippen molar-refractivity contribution in [1.82, 2.24) is 0 Å². The summed E-state index contributed by atoms with van der Waals surface area (Å²) < 4.78 is 5.88. The first-order chi connectivity index (χ1) is 11.8. The Morgan fingerprint density at radius 1 is 1.16 bits per heavy atom. The van der Waals surface area contributed by atoms with Crippen molar-refractivity contribution in [2.45, 2.75) is 40.2 Å². The summed E-state index contributed by atoms with van der Waals surface area (Å²) in [4.78, 5) is 23.0. The first-order valence-electron chi connectivity index (χ1n) is 8.11. The number of nitrogens with zero attached hydrogens (tertiary/aromatic N) is 1. The molecule has 132 valence electrons. The lowest BCUT2D eigenvalue weighted by molar-refractivity contribution is -0.384. The van der Waals surface area contributed by atoms with E-state index < -0.39 is 11.0 Å². The first kappa shape index (κ1) is 18.4. The Kier molecular flexibility index (Phi) is 5.75. The molecule has 0 fully saturated rings. The van der Waals surface area contributed by atoms with Gasteiger partial charge in [0.15, 0.2) is 6.10 Å². The molecular weight excluding hydrogens is 320 g/mol. The van der Waals surface area contributed by atoms with Crippen LogP contribution in [0.3, 0.4) is 0 Å². The molecule has 0 saturated carbocycles. The van der Waals surface area contributed by atoms with Crippen LogP contribution >= 0.6 is 0 Å². The molecule has 0 saturated heterocycles. The largest absolute Gasteiger partial charge is 0.480 e. The maximum Gasteiger partial charge on any atom is 0.271 e. The standard InChI is InChI=1S/C19H22N2O4/c1-5-17(25-18-10-12(2)6-7-14(18)4)19(22)20-16-11-15(21(23)24)9-8-13(16)3/h6-11,17H,5H2,1-4H3,(H,20,22)/t17-/m1/s1. The van der Waals surface area contributed by atoms with Gasteiger partial charge in [0.1, 0.15) is 5.75 Å². The Morgan fingerprint density at radius 3 is 2.48 bits per heavy atom.